The van der Waals surface area contributed by atoms with Crippen LogP contribution in [-0.4, -0.2) is 19.1 Å². The summed E-state index contributed by atoms with van der Waals surface area (Å²) in [5, 5.41) is 10.6. The van der Waals surface area contributed by atoms with Gasteiger partial charge in [0.2, 0.25) is 0 Å². The van der Waals surface area contributed by atoms with Gasteiger partial charge in [-0.2, -0.15) is 0 Å². The smallest absolute Gasteiger partial charge is 0.268 e. The van der Waals surface area contributed by atoms with Gasteiger partial charge in [0, 0.05) is 10.5 Å². The maximum absolute atomic E-state index is 10.6. The molecule has 0 amide bonds. The van der Waals surface area contributed by atoms with Gasteiger partial charge in [0.15, 0.2) is 11.5 Å². The normalized spacial score (nSPS) is 16.0. The minimum Gasteiger partial charge on any atom is -0.493 e. The maximum Gasteiger partial charge on any atom is 0.268 e. The van der Waals surface area contributed by atoms with E-state index in [1.54, 1.807) is 12.1 Å². The van der Waals surface area contributed by atoms with Crippen LogP contribution in [0, 0.1) is 10.1 Å². The number of methoxy groups -OCH3 is 2. The summed E-state index contributed by atoms with van der Waals surface area (Å²) in [5.74, 6) is 1.02. The summed E-state index contributed by atoms with van der Waals surface area (Å²) in [6, 6.07) is 2.68. The van der Waals surface area contributed by atoms with Crippen LogP contribution in [-0.2, 0) is 0 Å². The van der Waals surface area contributed by atoms with E-state index in [1.807, 2.05) is 0 Å². The number of benzene rings is 1. The van der Waals surface area contributed by atoms with Crippen molar-refractivity contribution >= 4 is 0 Å². The minimum absolute atomic E-state index is 0. The maximum atomic E-state index is 10.6. The Morgan fingerprint density at radius 2 is 2.00 bits per heavy atom. The zero-order valence-corrected chi connectivity index (χ0v) is 8.52. The number of hydrogen-bond acceptors (Lipinski definition) is 5. The zero-order chi connectivity index (χ0) is 10.3. The van der Waals surface area contributed by atoms with Crippen molar-refractivity contribution in [3.8, 4) is 11.5 Å². The van der Waals surface area contributed by atoms with E-state index in [4.69, 9.17) is 9.47 Å². The van der Waals surface area contributed by atoms with E-state index in [9.17, 15) is 10.1 Å². The molecular weight excluding hydrogens is 200 g/mol. The number of fused-ring (bicyclic) bond motifs is 1. The minimum atomic E-state index is -0.700. The Morgan fingerprint density at radius 1 is 1.33 bits per heavy atom. The summed E-state index contributed by atoms with van der Waals surface area (Å²) in [4.78, 5) is 10.3. The van der Waals surface area contributed by atoms with Crippen molar-refractivity contribution in [3.63, 3.8) is 0 Å². The summed E-state index contributed by atoms with van der Waals surface area (Å²) in [7, 11) is 2.99. The average Bonchev–Trinajstić information content (AvgIpc) is 2.89. The average molecular weight is 212 g/mol. The Labute approximate surface area is 86.5 Å². The van der Waals surface area contributed by atoms with Gasteiger partial charge < -0.3 is 15.6 Å². The van der Waals surface area contributed by atoms with Crippen molar-refractivity contribution in [2.24, 2.45) is 0 Å². The molecule has 0 saturated carbocycles. The topological polar surface area (TPSA) is 96.6 Å². The van der Waals surface area contributed by atoms with E-state index < -0.39 is 6.04 Å². The van der Waals surface area contributed by atoms with Crippen LogP contribution < -0.4 is 15.6 Å². The van der Waals surface area contributed by atoms with Gasteiger partial charge in [-0.3, -0.25) is 10.1 Å². The monoisotopic (exact) mass is 212 g/mol. The van der Waals surface area contributed by atoms with E-state index >= 15 is 0 Å². The lowest BCUT2D eigenvalue weighted by Crippen LogP contribution is -1.94. The number of nitro groups is 1. The standard InChI is InChI=1S/C9H9NO4.H3N/c1-13-6-4-3-5-7(9(6)14-2)8(5)10(11)12;/h3-4,8H,1-2H3;1H3. The van der Waals surface area contributed by atoms with Crippen molar-refractivity contribution in [2.45, 2.75) is 6.04 Å². The summed E-state index contributed by atoms with van der Waals surface area (Å²) in [6.45, 7) is 0. The van der Waals surface area contributed by atoms with E-state index in [0.717, 1.165) is 0 Å². The zero-order valence-electron chi connectivity index (χ0n) is 8.52. The number of rotatable bonds is 3. The third-order valence-corrected chi connectivity index (χ3v) is 2.31. The molecule has 0 aromatic heterocycles. The van der Waals surface area contributed by atoms with E-state index in [1.165, 1.54) is 14.2 Å². The van der Waals surface area contributed by atoms with Gasteiger partial charge in [0.25, 0.3) is 6.04 Å². The first-order valence-electron chi connectivity index (χ1n) is 4.09. The molecule has 1 aromatic carbocycles. The first kappa shape index (κ1) is 11.3. The lowest BCUT2D eigenvalue weighted by Gasteiger charge is -2.04. The molecule has 0 fully saturated rings. The molecule has 1 atom stereocenters. The molecule has 15 heavy (non-hydrogen) atoms. The van der Waals surface area contributed by atoms with Gasteiger partial charge >= 0.3 is 0 Å². The highest BCUT2D eigenvalue weighted by molar-refractivity contribution is 5.63. The number of hydrogen-bond donors (Lipinski definition) is 1. The Bertz CT molecular complexity index is 405. The summed E-state index contributed by atoms with van der Waals surface area (Å²) >= 11 is 0. The lowest BCUT2D eigenvalue weighted by atomic mass is 10.3. The van der Waals surface area contributed by atoms with E-state index in [-0.39, 0.29) is 11.1 Å². The summed E-state index contributed by atoms with van der Waals surface area (Å²) in [5.41, 5.74) is 1.35. The molecule has 0 saturated heterocycles. The second-order valence-electron chi connectivity index (χ2n) is 2.99. The quantitative estimate of drug-likeness (QED) is 0.605. The van der Waals surface area contributed by atoms with Crippen molar-refractivity contribution in [1.29, 1.82) is 0 Å². The van der Waals surface area contributed by atoms with Gasteiger partial charge in [0.05, 0.1) is 19.8 Å². The van der Waals surface area contributed by atoms with Gasteiger partial charge in [-0.1, -0.05) is 0 Å². The fraction of sp³-hybridized carbons (Fsp3) is 0.333. The number of nitrogens with zero attached hydrogens (tertiary/aromatic N) is 1. The first-order chi connectivity index (χ1) is 6.70. The van der Waals surface area contributed by atoms with Crippen LogP contribution in [0.5, 0.6) is 11.5 Å². The summed E-state index contributed by atoms with van der Waals surface area (Å²) < 4.78 is 10.1. The van der Waals surface area contributed by atoms with Crippen LogP contribution in [0.1, 0.15) is 17.2 Å². The molecule has 0 spiro atoms. The Kier molecular flexibility index (Phi) is 2.81. The molecule has 1 aromatic rings. The number of ether oxygens (including phenoxy) is 2. The molecule has 0 heterocycles. The molecule has 82 valence electrons. The molecule has 0 radical (unpaired) electrons. The highest BCUT2D eigenvalue weighted by atomic mass is 16.6. The molecule has 1 aliphatic carbocycles. The molecule has 6 heteroatoms. The van der Waals surface area contributed by atoms with Gasteiger partial charge in [0.1, 0.15) is 0 Å². The van der Waals surface area contributed by atoms with Gasteiger partial charge in [-0.25, -0.2) is 0 Å². The molecule has 1 unspecified atom stereocenters. The molecule has 6 nitrogen and oxygen atoms in total. The molecule has 0 bridgehead atoms. The van der Waals surface area contributed by atoms with Crippen LogP contribution >= 0.6 is 0 Å². The van der Waals surface area contributed by atoms with Gasteiger partial charge in [-0.05, 0) is 12.1 Å². The van der Waals surface area contributed by atoms with E-state index in [0.29, 0.717) is 22.6 Å². The van der Waals surface area contributed by atoms with E-state index in [2.05, 4.69) is 0 Å². The van der Waals surface area contributed by atoms with Crippen molar-refractivity contribution in [2.75, 3.05) is 14.2 Å². The SMILES string of the molecule is COc1ccc2c(c1OC)C2[N+](=O)[O-].N. The third-order valence-electron chi connectivity index (χ3n) is 2.31. The third kappa shape index (κ3) is 1.48. The molecule has 1 aliphatic rings. The predicted octanol–water partition coefficient (Wildman–Crippen LogP) is 1.55. The summed E-state index contributed by atoms with van der Waals surface area (Å²) in [6.07, 6.45) is 0. The van der Waals surface area contributed by atoms with Gasteiger partial charge in [-0.15, -0.1) is 0 Å². The highest BCUT2D eigenvalue weighted by Gasteiger charge is 2.48. The fourth-order valence-electron chi connectivity index (χ4n) is 1.63. The van der Waals surface area contributed by atoms with Crippen LogP contribution in [0.15, 0.2) is 12.1 Å². The first-order valence-corrected chi connectivity index (χ1v) is 4.09. The Hall–Kier alpha value is -1.82. The Balaban J connectivity index is 0.00000112. The lowest BCUT2D eigenvalue weighted by molar-refractivity contribution is -0.503. The molecular formula is C9H12N2O4. The fourth-order valence-corrected chi connectivity index (χ4v) is 1.63. The second kappa shape index (κ2) is 3.74. The predicted molar refractivity (Wildman–Crippen MR) is 53.4 cm³/mol. The van der Waals surface area contributed by atoms with Crippen LogP contribution in [0.2, 0.25) is 0 Å². The van der Waals surface area contributed by atoms with Crippen molar-refractivity contribution in [3.05, 3.63) is 33.4 Å². The largest absolute Gasteiger partial charge is 0.493 e. The Morgan fingerprint density at radius 3 is 2.47 bits per heavy atom. The molecule has 2 rings (SSSR count). The second-order valence-corrected chi connectivity index (χ2v) is 2.99. The molecule has 3 N–H and O–H groups in total. The molecule has 0 aliphatic heterocycles. The van der Waals surface area contributed by atoms with Crippen LogP contribution in [0.4, 0.5) is 0 Å². The van der Waals surface area contributed by atoms with Crippen LogP contribution in [0.3, 0.4) is 0 Å². The highest BCUT2D eigenvalue weighted by Crippen LogP contribution is 2.53. The van der Waals surface area contributed by atoms with Crippen molar-refractivity contribution < 1.29 is 14.4 Å². The van der Waals surface area contributed by atoms with Crippen LogP contribution in [0.25, 0.3) is 0 Å². The van der Waals surface area contributed by atoms with Crippen molar-refractivity contribution in [1.82, 2.24) is 6.15 Å².